The Balaban J connectivity index is 1.21. The highest BCUT2D eigenvalue weighted by Crippen LogP contribution is 2.39. The van der Waals surface area contributed by atoms with Crippen LogP contribution in [-0.4, -0.2) is 30.6 Å². The molecule has 1 N–H and O–H groups in total. The fraction of sp³-hybridized carbons (Fsp3) is 0.240. The Hall–Kier alpha value is -3.87. The van der Waals surface area contributed by atoms with E-state index in [-0.39, 0.29) is 5.91 Å². The normalized spacial score (nSPS) is 15.5. The van der Waals surface area contributed by atoms with Gasteiger partial charge in [-0.2, -0.15) is 0 Å². The largest absolute Gasteiger partial charge is 0.321 e. The second kappa shape index (κ2) is 7.67. The van der Waals surface area contributed by atoms with Gasteiger partial charge in [-0.15, -0.1) is 10.2 Å². The number of nitrogens with one attached hydrogen (secondary N) is 1. The van der Waals surface area contributed by atoms with Crippen LogP contribution in [0.4, 0.5) is 5.69 Å². The van der Waals surface area contributed by atoms with Crippen molar-refractivity contribution in [2.45, 2.75) is 37.6 Å². The van der Waals surface area contributed by atoms with Gasteiger partial charge in [-0.25, -0.2) is 0 Å². The molecule has 6 rings (SSSR count). The molecule has 4 aromatic rings. The predicted octanol–water partition coefficient (Wildman–Crippen LogP) is 4.87. The zero-order chi connectivity index (χ0) is 21.5. The maximum absolute atomic E-state index is 12.9. The average molecular weight is 422 g/mol. The van der Waals surface area contributed by atoms with Gasteiger partial charge in [-0.1, -0.05) is 18.2 Å². The van der Waals surface area contributed by atoms with E-state index in [2.05, 4.69) is 42.2 Å². The van der Waals surface area contributed by atoms with Gasteiger partial charge in [0.2, 0.25) is 0 Å². The summed E-state index contributed by atoms with van der Waals surface area (Å²) in [7, 11) is 0. The van der Waals surface area contributed by atoms with Gasteiger partial charge in [0.25, 0.3) is 5.91 Å². The SMILES string of the molecule is O=C(Nc1cccc(-c2nncn2C2CC2)c1)c1cc(-c2ccc(C3CC3)nc2)ccn1. The molecule has 3 aromatic heterocycles. The van der Waals surface area contributed by atoms with Crippen molar-refractivity contribution in [3.8, 4) is 22.5 Å². The van der Waals surface area contributed by atoms with Crippen molar-refractivity contribution < 1.29 is 4.79 Å². The number of hydrogen-bond acceptors (Lipinski definition) is 5. The molecule has 1 amide bonds. The van der Waals surface area contributed by atoms with Gasteiger partial charge in [-0.05, 0) is 61.6 Å². The molecular formula is C25H22N6O. The maximum atomic E-state index is 12.9. The number of anilines is 1. The molecule has 0 saturated heterocycles. The third-order valence-corrected chi connectivity index (χ3v) is 6.00. The second-order valence-corrected chi connectivity index (χ2v) is 8.50. The first-order valence-electron chi connectivity index (χ1n) is 11.0. The molecule has 7 heteroatoms. The summed E-state index contributed by atoms with van der Waals surface area (Å²) in [6, 6.07) is 16.0. The monoisotopic (exact) mass is 422 g/mol. The minimum atomic E-state index is -0.254. The van der Waals surface area contributed by atoms with Crippen LogP contribution in [0, 0.1) is 0 Å². The number of aromatic nitrogens is 5. The van der Waals surface area contributed by atoms with E-state index in [1.165, 1.54) is 12.8 Å². The van der Waals surface area contributed by atoms with Crippen molar-refractivity contribution in [2.24, 2.45) is 0 Å². The van der Waals surface area contributed by atoms with Crippen molar-refractivity contribution in [3.05, 3.63) is 78.6 Å². The molecule has 7 nitrogen and oxygen atoms in total. The number of amides is 1. The molecule has 3 heterocycles. The summed E-state index contributed by atoms with van der Waals surface area (Å²) in [5.41, 5.74) is 5.04. The van der Waals surface area contributed by atoms with E-state index < -0.39 is 0 Å². The van der Waals surface area contributed by atoms with Crippen LogP contribution in [-0.2, 0) is 0 Å². The van der Waals surface area contributed by atoms with E-state index in [4.69, 9.17) is 0 Å². The van der Waals surface area contributed by atoms with Crippen LogP contribution in [0.2, 0.25) is 0 Å². The number of hydrogen-bond donors (Lipinski definition) is 1. The molecule has 0 atom stereocenters. The quantitative estimate of drug-likeness (QED) is 0.479. The molecule has 0 radical (unpaired) electrons. The zero-order valence-electron chi connectivity index (χ0n) is 17.5. The topological polar surface area (TPSA) is 85.6 Å². The molecule has 2 saturated carbocycles. The van der Waals surface area contributed by atoms with E-state index in [1.807, 2.05) is 36.5 Å². The average Bonchev–Trinajstić information content (AvgIpc) is 3.78. The molecule has 2 aliphatic rings. The lowest BCUT2D eigenvalue weighted by Gasteiger charge is -2.09. The fourth-order valence-corrected chi connectivity index (χ4v) is 3.93. The number of nitrogens with zero attached hydrogens (tertiary/aromatic N) is 5. The number of carbonyl (C=O) groups is 1. The predicted molar refractivity (Wildman–Crippen MR) is 121 cm³/mol. The molecule has 0 unspecified atom stereocenters. The smallest absolute Gasteiger partial charge is 0.274 e. The van der Waals surface area contributed by atoms with Gasteiger partial charge in [0.05, 0.1) is 0 Å². The Bertz CT molecular complexity index is 1290. The zero-order valence-corrected chi connectivity index (χ0v) is 17.5. The standard InChI is InChI=1S/C25H22N6O/c32-25(23-13-17(10-11-26-23)19-6-9-22(27-14-19)16-4-5-16)29-20-3-1-2-18(12-20)24-30-28-15-31(24)21-7-8-21/h1-3,6,9-16,21H,4-5,7-8H2,(H,29,32). The van der Waals surface area contributed by atoms with E-state index in [0.717, 1.165) is 41.1 Å². The maximum Gasteiger partial charge on any atom is 0.274 e. The summed E-state index contributed by atoms with van der Waals surface area (Å²) in [5, 5.41) is 11.3. The Morgan fingerprint density at radius 1 is 0.938 bits per heavy atom. The summed E-state index contributed by atoms with van der Waals surface area (Å²) in [6.45, 7) is 0. The highest BCUT2D eigenvalue weighted by Gasteiger charge is 2.27. The molecule has 32 heavy (non-hydrogen) atoms. The highest BCUT2D eigenvalue weighted by atomic mass is 16.1. The van der Waals surface area contributed by atoms with Gasteiger partial charge < -0.3 is 9.88 Å². The first-order chi connectivity index (χ1) is 15.7. The molecular weight excluding hydrogens is 400 g/mol. The van der Waals surface area contributed by atoms with Crippen molar-refractivity contribution in [1.29, 1.82) is 0 Å². The van der Waals surface area contributed by atoms with Gasteiger partial charge in [-0.3, -0.25) is 14.8 Å². The number of benzene rings is 1. The van der Waals surface area contributed by atoms with Crippen LogP contribution in [0.3, 0.4) is 0 Å². The molecule has 0 aliphatic heterocycles. The van der Waals surface area contributed by atoms with E-state index in [1.54, 1.807) is 18.6 Å². The summed E-state index contributed by atoms with van der Waals surface area (Å²) >= 11 is 0. The second-order valence-electron chi connectivity index (χ2n) is 8.50. The number of carbonyl (C=O) groups excluding carboxylic acids is 1. The molecule has 158 valence electrons. The van der Waals surface area contributed by atoms with Gasteiger partial charge in [0.1, 0.15) is 12.0 Å². The van der Waals surface area contributed by atoms with Crippen LogP contribution >= 0.6 is 0 Å². The Labute approximate surface area is 185 Å². The first kappa shape index (κ1) is 18.9. The lowest BCUT2D eigenvalue weighted by Crippen LogP contribution is -2.13. The molecule has 0 spiro atoms. The van der Waals surface area contributed by atoms with Gasteiger partial charge in [0, 0.05) is 46.9 Å². The van der Waals surface area contributed by atoms with Crippen LogP contribution < -0.4 is 5.32 Å². The van der Waals surface area contributed by atoms with Crippen molar-refractivity contribution in [2.75, 3.05) is 5.32 Å². The minimum Gasteiger partial charge on any atom is -0.321 e. The van der Waals surface area contributed by atoms with Crippen LogP contribution in [0.5, 0.6) is 0 Å². The van der Waals surface area contributed by atoms with E-state index >= 15 is 0 Å². The Kier molecular flexibility index (Phi) is 4.52. The Morgan fingerprint density at radius 2 is 1.84 bits per heavy atom. The number of rotatable bonds is 6. The van der Waals surface area contributed by atoms with Crippen LogP contribution in [0.15, 0.2) is 67.3 Å². The molecule has 2 fully saturated rings. The number of pyridine rings is 2. The van der Waals surface area contributed by atoms with Gasteiger partial charge >= 0.3 is 0 Å². The lowest BCUT2D eigenvalue weighted by atomic mass is 10.1. The van der Waals surface area contributed by atoms with Crippen molar-refractivity contribution >= 4 is 11.6 Å². The van der Waals surface area contributed by atoms with Crippen molar-refractivity contribution in [3.63, 3.8) is 0 Å². The van der Waals surface area contributed by atoms with Crippen molar-refractivity contribution in [1.82, 2.24) is 24.7 Å². The summed E-state index contributed by atoms with van der Waals surface area (Å²) in [5.74, 6) is 1.19. The minimum absolute atomic E-state index is 0.254. The van der Waals surface area contributed by atoms with Crippen LogP contribution in [0.25, 0.3) is 22.5 Å². The highest BCUT2D eigenvalue weighted by molar-refractivity contribution is 6.03. The fourth-order valence-electron chi connectivity index (χ4n) is 3.93. The summed E-state index contributed by atoms with van der Waals surface area (Å²) in [4.78, 5) is 21.8. The Morgan fingerprint density at radius 3 is 2.62 bits per heavy atom. The third kappa shape index (κ3) is 3.77. The lowest BCUT2D eigenvalue weighted by molar-refractivity contribution is 0.102. The summed E-state index contributed by atoms with van der Waals surface area (Å²) < 4.78 is 2.11. The molecule has 0 bridgehead atoms. The van der Waals surface area contributed by atoms with Crippen LogP contribution in [0.1, 0.15) is 53.8 Å². The molecule has 1 aromatic carbocycles. The third-order valence-electron chi connectivity index (χ3n) is 6.00. The van der Waals surface area contributed by atoms with Gasteiger partial charge in [0.15, 0.2) is 5.82 Å². The van der Waals surface area contributed by atoms with E-state index in [0.29, 0.717) is 23.3 Å². The first-order valence-corrected chi connectivity index (χ1v) is 11.0. The molecule has 2 aliphatic carbocycles. The summed E-state index contributed by atoms with van der Waals surface area (Å²) in [6.07, 6.45) is 10.1. The van der Waals surface area contributed by atoms with E-state index in [9.17, 15) is 4.79 Å².